The standard InChI is InChI=1S/C21H30N4O/c1-3-18-16(2)20(24-23-18)21(26)22-15-19(17-11-7-6-8-12-17)25-13-9-4-5-10-14-25/h6-8,11-12,19H,3-5,9-10,13-15H2,1-2H3,(H,22,26)(H,23,24)/t19-/m0/s1. The zero-order chi connectivity index (χ0) is 18.4. The third-order valence-corrected chi connectivity index (χ3v) is 5.40. The average molecular weight is 354 g/mol. The van der Waals surface area contributed by atoms with E-state index in [9.17, 15) is 4.79 Å². The number of benzene rings is 1. The highest BCUT2D eigenvalue weighted by molar-refractivity contribution is 5.93. The van der Waals surface area contributed by atoms with E-state index in [0.29, 0.717) is 12.2 Å². The number of nitrogens with zero attached hydrogens (tertiary/aromatic N) is 2. The Morgan fingerprint density at radius 2 is 1.88 bits per heavy atom. The van der Waals surface area contributed by atoms with Crippen molar-refractivity contribution in [2.45, 2.75) is 52.0 Å². The van der Waals surface area contributed by atoms with E-state index in [1.807, 2.05) is 13.0 Å². The molecule has 2 heterocycles. The molecular formula is C21H30N4O. The van der Waals surface area contributed by atoms with Gasteiger partial charge in [0.1, 0.15) is 0 Å². The summed E-state index contributed by atoms with van der Waals surface area (Å²) in [5, 5.41) is 10.3. The maximum absolute atomic E-state index is 12.7. The minimum atomic E-state index is -0.0887. The van der Waals surface area contributed by atoms with E-state index in [0.717, 1.165) is 30.8 Å². The average Bonchev–Trinajstić information content (AvgIpc) is 2.86. The van der Waals surface area contributed by atoms with E-state index in [1.54, 1.807) is 0 Å². The van der Waals surface area contributed by atoms with Crippen molar-refractivity contribution in [1.29, 1.82) is 0 Å². The predicted molar refractivity (Wildman–Crippen MR) is 104 cm³/mol. The minimum absolute atomic E-state index is 0.0887. The number of aryl methyl sites for hydroxylation is 1. The van der Waals surface area contributed by atoms with Crippen LogP contribution in [0.15, 0.2) is 30.3 Å². The number of aromatic nitrogens is 2. The van der Waals surface area contributed by atoms with Gasteiger partial charge in [0.15, 0.2) is 5.69 Å². The predicted octanol–water partition coefficient (Wildman–Crippen LogP) is 3.63. The Labute approximate surface area is 156 Å². The second kappa shape index (κ2) is 8.99. The highest BCUT2D eigenvalue weighted by Gasteiger charge is 2.23. The van der Waals surface area contributed by atoms with Gasteiger partial charge in [0.25, 0.3) is 5.91 Å². The SMILES string of the molecule is CCc1[nH]nc(C(=O)NC[C@@H](c2ccccc2)N2CCCCCC2)c1C. The fourth-order valence-electron chi connectivity index (χ4n) is 3.81. The molecule has 0 unspecified atom stereocenters. The van der Waals surface area contributed by atoms with Crippen molar-refractivity contribution in [2.75, 3.05) is 19.6 Å². The summed E-state index contributed by atoms with van der Waals surface area (Å²) in [6.07, 6.45) is 5.92. The lowest BCUT2D eigenvalue weighted by Gasteiger charge is -2.31. The van der Waals surface area contributed by atoms with Crippen LogP contribution < -0.4 is 5.32 Å². The van der Waals surface area contributed by atoms with Gasteiger partial charge < -0.3 is 5.32 Å². The summed E-state index contributed by atoms with van der Waals surface area (Å²) in [5.41, 5.74) is 3.77. The Bertz CT molecular complexity index is 702. The second-order valence-electron chi connectivity index (χ2n) is 7.12. The van der Waals surface area contributed by atoms with Crippen LogP contribution in [0.25, 0.3) is 0 Å². The lowest BCUT2D eigenvalue weighted by atomic mass is 10.0. The molecule has 5 heteroatoms. The largest absolute Gasteiger partial charge is 0.349 e. The Balaban J connectivity index is 1.73. The minimum Gasteiger partial charge on any atom is -0.349 e. The quantitative estimate of drug-likeness (QED) is 0.833. The molecule has 2 N–H and O–H groups in total. The van der Waals surface area contributed by atoms with Gasteiger partial charge in [0.2, 0.25) is 0 Å². The van der Waals surface area contributed by atoms with Gasteiger partial charge in [-0.2, -0.15) is 5.10 Å². The highest BCUT2D eigenvalue weighted by atomic mass is 16.1. The Hall–Kier alpha value is -2.14. The van der Waals surface area contributed by atoms with Crippen molar-refractivity contribution in [3.05, 3.63) is 52.8 Å². The molecule has 2 aromatic rings. The first kappa shape index (κ1) is 18.6. The molecule has 1 fully saturated rings. The van der Waals surface area contributed by atoms with E-state index < -0.39 is 0 Å². The summed E-state index contributed by atoms with van der Waals surface area (Å²) >= 11 is 0. The molecule has 1 aromatic heterocycles. The van der Waals surface area contributed by atoms with Crippen LogP contribution in [0.5, 0.6) is 0 Å². The summed E-state index contributed by atoms with van der Waals surface area (Å²) < 4.78 is 0. The van der Waals surface area contributed by atoms with E-state index in [-0.39, 0.29) is 11.9 Å². The first-order chi connectivity index (χ1) is 12.7. The molecule has 1 aliphatic heterocycles. The van der Waals surface area contributed by atoms with Gasteiger partial charge in [-0.25, -0.2) is 0 Å². The molecular weight excluding hydrogens is 324 g/mol. The van der Waals surface area contributed by atoms with Crippen LogP contribution in [-0.4, -0.2) is 40.6 Å². The first-order valence-corrected chi connectivity index (χ1v) is 9.81. The molecule has 1 amide bonds. The van der Waals surface area contributed by atoms with Crippen LogP contribution in [0.3, 0.4) is 0 Å². The van der Waals surface area contributed by atoms with Crippen molar-refractivity contribution >= 4 is 5.91 Å². The molecule has 1 aliphatic rings. The van der Waals surface area contributed by atoms with Crippen molar-refractivity contribution in [3.8, 4) is 0 Å². The summed E-state index contributed by atoms with van der Waals surface area (Å²) in [5.74, 6) is -0.0887. The van der Waals surface area contributed by atoms with Gasteiger partial charge in [0.05, 0.1) is 6.04 Å². The molecule has 3 rings (SSSR count). The van der Waals surface area contributed by atoms with Gasteiger partial charge in [-0.1, -0.05) is 50.1 Å². The number of likely N-dealkylation sites (tertiary alicyclic amines) is 1. The fraction of sp³-hybridized carbons (Fsp3) is 0.524. The number of amides is 1. The molecule has 1 atom stereocenters. The summed E-state index contributed by atoms with van der Waals surface area (Å²) in [6.45, 7) is 6.82. The fourth-order valence-corrected chi connectivity index (χ4v) is 3.81. The molecule has 0 saturated carbocycles. The number of nitrogens with one attached hydrogen (secondary N) is 2. The van der Waals surface area contributed by atoms with Crippen LogP contribution in [0.2, 0.25) is 0 Å². The number of H-pyrrole nitrogens is 1. The van der Waals surface area contributed by atoms with E-state index in [2.05, 4.69) is 51.6 Å². The molecule has 0 spiro atoms. The van der Waals surface area contributed by atoms with Gasteiger partial charge in [0, 0.05) is 17.8 Å². The van der Waals surface area contributed by atoms with Gasteiger partial charge in [-0.3, -0.25) is 14.8 Å². The zero-order valence-corrected chi connectivity index (χ0v) is 15.9. The normalized spacial score (nSPS) is 16.8. The maximum atomic E-state index is 12.7. The lowest BCUT2D eigenvalue weighted by molar-refractivity contribution is 0.0927. The Kier molecular flexibility index (Phi) is 6.45. The number of carbonyl (C=O) groups is 1. The molecule has 140 valence electrons. The molecule has 26 heavy (non-hydrogen) atoms. The van der Waals surface area contributed by atoms with Crippen LogP contribution in [0, 0.1) is 6.92 Å². The van der Waals surface area contributed by atoms with Crippen LogP contribution in [-0.2, 0) is 6.42 Å². The van der Waals surface area contributed by atoms with Crippen LogP contribution in [0.1, 0.15) is 66.0 Å². The summed E-state index contributed by atoms with van der Waals surface area (Å²) in [7, 11) is 0. The van der Waals surface area contributed by atoms with Crippen LogP contribution in [0.4, 0.5) is 0 Å². The van der Waals surface area contributed by atoms with Crippen LogP contribution >= 0.6 is 0 Å². The Morgan fingerprint density at radius 3 is 2.50 bits per heavy atom. The van der Waals surface area contributed by atoms with Crippen molar-refractivity contribution < 1.29 is 4.79 Å². The van der Waals surface area contributed by atoms with E-state index in [4.69, 9.17) is 0 Å². The second-order valence-corrected chi connectivity index (χ2v) is 7.12. The van der Waals surface area contributed by atoms with Gasteiger partial charge in [-0.05, 0) is 44.8 Å². The molecule has 0 bridgehead atoms. The third kappa shape index (κ3) is 4.33. The highest BCUT2D eigenvalue weighted by Crippen LogP contribution is 2.24. The number of rotatable bonds is 6. The summed E-state index contributed by atoms with van der Waals surface area (Å²) in [4.78, 5) is 15.2. The summed E-state index contributed by atoms with van der Waals surface area (Å²) in [6, 6.07) is 10.7. The monoisotopic (exact) mass is 354 g/mol. The lowest BCUT2D eigenvalue weighted by Crippen LogP contribution is -2.39. The molecule has 5 nitrogen and oxygen atoms in total. The van der Waals surface area contributed by atoms with Crippen molar-refractivity contribution in [1.82, 2.24) is 20.4 Å². The molecule has 1 aromatic carbocycles. The zero-order valence-electron chi connectivity index (χ0n) is 15.9. The number of carbonyl (C=O) groups excluding carboxylic acids is 1. The van der Waals surface area contributed by atoms with E-state index in [1.165, 1.54) is 31.2 Å². The number of hydrogen-bond donors (Lipinski definition) is 2. The van der Waals surface area contributed by atoms with E-state index >= 15 is 0 Å². The van der Waals surface area contributed by atoms with Gasteiger partial charge in [-0.15, -0.1) is 0 Å². The smallest absolute Gasteiger partial charge is 0.272 e. The van der Waals surface area contributed by atoms with Crippen molar-refractivity contribution in [3.63, 3.8) is 0 Å². The Morgan fingerprint density at radius 1 is 1.19 bits per heavy atom. The molecule has 0 radical (unpaired) electrons. The van der Waals surface area contributed by atoms with Crippen molar-refractivity contribution in [2.24, 2.45) is 0 Å². The number of aromatic amines is 1. The number of hydrogen-bond acceptors (Lipinski definition) is 3. The molecule has 0 aliphatic carbocycles. The maximum Gasteiger partial charge on any atom is 0.272 e. The third-order valence-electron chi connectivity index (χ3n) is 5.40. The van der Waals surface area contributed by atoms with Gasteiger partial charge >= 0.3 is 0 Å². The first-order valence-electron chi connectivity index (χ1n) is 9.81. The molecule has 1 saturated heterocycles. The topological polar surface area (TPSA) is 61.0 Å².